The van der Waals surface area contributed by atoms with E-state index in [1.54, 1.807) is 0 Å². The predicted molar refractivity (Wildman–Crippen MR) is 78.4 cm³/mol. The highest BCUT2D eigenvalue weighted by molar-refractivity contribution is 7.11. The van der Waals surface area contributed by atoms with Gasteiger partial charge in [-0.15, -0.1) is 11.3 Å². The number of carbonyl (C=O) groups is 1. The first-order valence-electron chi connectivity index (χ1n) is 6.33. The highest BCUT2D eigenvalue weighted by atomic mass is 32.1. The summed E-state index contributed by atoms with van der Waals surface area (Å²) in [5, 5.41) is 1.11. The number of allylic oxidation sites excluding steroid dienone is 6. The molecule has 96 valence electrons. The number of ether oxygens (including phenoxy) is 1. The van der Waals surface area contributed by atoms with Gasteiger partial charge in [0.05, 0.1) is 6.61 Å². The third-order valence-electron chi connectivity index (χ3n) is 3.06. The molecule has 0 atom stereocenters. The third-order valence-corrected chi connectivity index (χ3v) is 4.14. The normalized spacial score (nSPS) is 16.1. The van der Waals surface area contributed by atoms with E-state index in [9.17, 15) is 4.79 Å². The molecular weight excluding hydrogens is 256 g/mol. The van der Waals surface area contributed by atoms with E-state index in [-0.39, 0.29) is 5.97 Å². The Hall–Kier alpha value is -1.87. The molecule has 0 aliphatic heterocycles. The lowest BCUT2D eigenvalue weighted by molar-refractivity contribution is 0.0532. The van der Waals surface area contributed by atoms with Crippen LogP contribution < -0.4 is 9.75 Å². The van der Waals surface area contributed by atoms with Crippen molar-refractivity contribution in [3.8, 4) is 0 Å². The summed E-state index contributed by atoms with van der Waals surface area (Å²) >= 11 is 1.50. The average Bonchev–Trinajstić information content (AvgIpc) is 2.57. The first kappa shape index (κ1) is 12.2. The fraction of sp³-hybridized carbons (Fsp3) is 0.188. The highest BCUT2D eigenvalue weighted by Crippen LogP contribution is 2.19. The molecule has 0 radical (unpaired) electrons. The van der Waals surface area contributed by atoms with Crippen LogP contribution in [0.2, 0.25) is 0 Å². The molecule has 3 rings (SSSR count). The van der Waals surface area contributed by atoms with Gasteiger partial charge in [0, 0.05) is 4.53 Å². The zero-order valence-corrected chi connectivity index (χ0v) is 11.5. The molecule has 0 aromatic carbocycles. The molecule has 3 heteroatoms. The lowest BCUT2D eigenvalue weighted by Crippen LogP contribution is -2.16. The Labute approximate surface area is 115 Å². The van der Waals surface area contributed by atoms with Crippen LogP contribution in [-0.4, -0.2) is 12.6 Å². The average molecular weight is 270 g/mol. The van der Waals surface area contributed by atoms with E-state index in [0.717, 1.165) is 16.2 Å². The molecule has 2 nitrogen and oxygen atoms in total. The van der Waals surface area contributed by atoms with E-state index < -0.39 is 0 Å². The Bertz CT molecular complexity index is 678. The molecule has 0 fully saturated rings. The van der Waals surface area contributed by atoms with Crippen LogP contribution in [0.25, 0.3) is 12.2 Å². The van der Waals surface area contributed by atoms with Gasteiger partial charge in [0.2, 0.25) is 0 Å². The minimum atomic E-state index is -0.230. The molecule has 2 aliphatic rings. The number of hydrogen-bond donors (Lipinski definition) is 0. The Morgan fingerprint density at radius 2 is 2.00 bits per heavy atom. The molecule has 2 bridgehead atoms. The van der Waals surface area contributed by atoms with E-state index in [4.69, 9.17) is 4.74 Å². The lowest BCUT2D eigenvalue weighted by atomic mass is 10.1. The van der Waals surface area contributed by atoms with Crippen LogP contribution in [0.3, 0.4) is 0 Å². The fourth-order valence-corrected chi connectivity index (χ4v) is 3.24. The van der Waals surface area contributed by atoms with Crippen molar-refractivity contribution in [1.82, 2.24) is 0 Å². The maximum Gasteiger partial charge on any atom is 0.348 e. The van der Waals surface area contributed by atoms with Crippen molar-refractivity contribution < 1.29 is 9.53 Å². The van der Waals surface area contributed by atoms with Crippen molar-refractivity contribution in [2.24, 2.45) is 0 Å². The smallest absolute Gasteiger partial charge is 0.348 e. The van der Waals surface area contributed by atoms with Crippen LogP contribution in [0.1, 0.15) is 23.0 Å². The summed E-state index contributed by atoms with van der Waals surface area (Å²) in [6.45, 7) is 2.24. The maximum absolute atomic E-state index is 11.8. The van der Waals surface area contributed by atoms with Gasteiger partial charge in [-0.25, -0.2) is 4.79 Å². The van der Waals surface area contributed by atoms with Crippen molar-refractivity contribution in [3.05, 3.63) is 56.1 Å². The molecule has 1 aromatic rings. The summed E-state index contributed by atoms with van der Waals surface area (Å²) in [5.74, 6) is -0.230. The van der Waals surface area contributed by atoms with Gasteiger partial charge in [0.25, 0.3) is 0 Å². The number of thiophene rings is 1. The summed E-state index contributed by atoms with van der Waals surface area (Å²) < 4.78 is 6.19. The summed E-state index contributed by atoms with van der Waals surface area (Å²) in [6, 6.07) is 1.93. The van der Waals surface area contributed by atoms with Crippen LogP contribution in [0.5, 0.6) is 0 Å². The molecule has 1 heterocycles. The van der Waals surface area contributed by atoms with Gasteiger partial charge in [0.15, 0.2) is 0 Å². The van der Waals surface area contributed by atoms with Crippen LogP contribution in [0.15, 0.2) is 41.5 Å². The van der Waals surface area contributed by atoms with E-state index in [1.807, 2.05) is 13.0 Å². The molecular formula is C16H14O2S. The topological polar surface area (TPSA) is 26.3 Å². The molecule has 0 spiro atoms. The zero-order valence-electron chi connectivity index (χ0n) is 10.7. The lowest BCUT2D eigenvalue weighted by Gasteiger charge is -1.98. The second-order valence-electron chi connectivity index (χ2n) is 4.48. The molecule has 0 N–H and O–H groups in total. The third kappa shape index (κ3) is 2.47. The second kappa shape index (κ2) is 5.02. The molecule has 0 saturated carbocycles. The Morgan fingerprint density at radius 1 is 1.26 bits per heavy atom. The van der Waals surface area contributed by atoms with Gasteiger partial charge in [-0.3, -0.25) is 0 Å². The van der Waals surface area contributed by atoms with Gasteiger partial charge >= 0.3 is 5.97 Å². The summed E-state index contributed by atoms with van der Waals surface area (Å²) in [6.07, 6.45) is 13.6. The number of rotatable bonds is 2. The Balaban J connectivity index is 2.14. The van der Waals surface area contributed by atoms with E-state index >= 15 is 0 Å². The SMILES string of the molecule is CCOC(=O)c1cc2c(s1)=CC1=CC=CC=C(C=2)C1. The van der Waals surface area contributed by atoms with Gasteiger partial charge in [0.1, 0.15) is 4.88 Å². The minimum absolute atomic E-state index is 0.230. The summed E-state index contributed by atoms with van der Waals surface area (Å²) in [4.78, 5) is 12.5. The van der Waals surface area contributed by atoms with Crippen LogP contribution in [0, 0.1) is 0 Å². The van der Waals surface area contributed by atoms with Gasteiger partial charge in [-0.1, -0.05) is 24.3 Å². The Morgan fingerprint density at radius 3 is 2.74 bits per heavy atom. The highest BCUT2D eigenvalue weighted by Gasteiger charge is 2.12. The van der Waals surface area contributed by atoms with Crippen LogP contribution in [-0.2, 0) is 4.74 Å². The van der Waals surface area contributed by atoms with Crippen molar-refractivity contribution in [3.63, 3.8) is 0 Å². The van der Waals surface area contributed by atoms with Gasteiger partial charge in [-0.05, 0) is 47.9 Å². The van der Waals surface area contributed by atoms with E-state index in [1.165, 1.54) is 22.5 Å². The molecule has 0 unspecified atom stereocenters. The molecule has 1 aromatic heterocycles. The summed E-state index contributed by atoms with van der Waals surface area (Å²) in [7, 11) is 0. The molecule has 2 aliphatic carbocycles. The largest absolute Gasteiger partial charge is 0.462 e. The predicted octanol–water partition coefficient (Wildman–Crippen LogP) is 2.31. The Kier molecular flexibility index (Phi) is 3.22. The standard InChI is InChI=1S/C16H14O2S/c1-2-18-16(17)15-10-13-8-11-5-3-4-6-12(7-11)9-14(13)19-15/h3-6,8-10H,2,7H2,1H3. The molecule has 0 saturated heterocycles. The monoisotopic (exact) mass is 270 g/mol. The van der Waals surface area contributed by atoms with Crippen LogP contribution in [0.4, 0.5) is 0 Å². The molecule has 0 amide bonds. The number of esters is 1. The number of fused-ring (bicyclic) bond motifs is 3. The number of hydrogen-bond acceptors (Lipinski definition) is 3. The quantitative estimate of drug-likeness (QED) is 0.771. The number of carbonyl (C=O) groups excluding carboxylic acids is 1. The van der Waals surface area contributed by atoms with Gasteiger partial charge in [-0.2, -0.15) is 0 Å². The summed E-state index contributed by atoms with van der Waals surface area (Å²) in [5.41, 5.74) is 2.54. The second-order valence-corrected chi connectivity index (χ2v) is 5.57. The van der Waals surface area contributed by atoms with Gasteiger partial charge < -0.3 is 4.74 Å². The van der Waals surface area contributed by atoms with Crippen molar-refractivity contribution in [1.29, 1.82) is 0 Å². The van der Waals surface area contributed by atoms with Crippen molar-refractivity contribution in [2.45, 2.75) is 13.3 Å². The fourth-order valence-electron chi connectivity index (χ4n) is 2.23. The maximum atomic E-state index is 11.8. The molecule has 19 heavy (non-hydrogen) atoms. The first-order valence-corrected chi connectivity index (χ1v) is 7.15. The van der Waals surface area contributed by atoms with Crippen molar-refractivity contribution >= 4 is 29.5 Å². The first-order chi connectivity index (χ1) is 9.26. The van der Waals surface area contributed by atoms with Crippen molar-refractivity contribution in [2.75, 3.05) is 6.61 Å². The van der Waals surface area contributed by atoms with Crippen LogP contribution >= 0.6 is 11.3 Å². The van der Waals surface area contributed by atoms with E-state index in [0.29, 0.717) is 11.5 Å². The zero-order chi connectivity index (χ0) is 13.2. The van der Waals surface area contributed by atoms with E-state index in [2.05, 4.69) is 36.5 Å². The minimum Gasteiger partial charge on any atom is -0.462 e.